The Morgan fingerprint density at radius 2 is 2.00 bits per heavy atom. The molecule has 3 nitrogen and oxygen atoms in total. The second-order valence-corrected chi connectivity index (χ2v) is 3.86. The Kier molecular flexibility index (Phi) is 3.28. The van der Waals surface area contributed by atoms with Crippen LogP contribution in [0.5, 0.6) is 5.75 Å². The Bertz CT molecular complexity index is 523. The smallest absolute Gasteiger partial charge is 0.119 e. The van der Waals surface area contributed by atoms with Gasteiger partial charge in [0.25, 0.3) is 0 Å². The molecule has 0 spiro atoms. The molecular weight excluding hydrogens is 212 g/mol. The quantitative estimate of drug-likeness (QED) is 0.876. The number of methoxy groups -OCH3 is 1. The van der Waals surface area contributed by atoms with E-state index in [1.54, 1.807) is 7.11 Å². The first-order chi connectivity index (χ1) is 8.24. The lowest BCUT2D eigenvalue weighted by molar-refractivity contribution is 0.414. The van der Waals surface area contributed by atoms with Gasteiger partial charge in [0.1, 0.15) is 5.75 Å². The number of nitrogens with zero attached hydrogens (tertiary/aromatic N) is 1. The van der Waals surface area contributed by atoms with Crippen LogP contribution >= 0.6 is 0 Å². The number of pyridine rings is 1. The minimum absolute atomic E-state index is 0.871. The van der Waals surface area contributed by atoms with Gasteiger partial charge >= 0.3 is 0 Å². The zero-order chi connectivity index (χ0) is 12.3. The third kappa shape index (κ3) is 2.38. The van der Waals surface area contributed by atoms with Crippen molar-refractivity contribution in [2.24, 2.45) is 0 Å². The van der Waals surface area contributed by atoms with Crippen LogP contribution in [-0.2, 0) is 0 Å². The molecular formula is C14H16N2O. The van der Waals surface area contributed by atoms with Gasteiger partial charge in [-0.2, -0.15) is 0 Å². The maximum atomic E-state index is 5.20. The van der Waals surface area contributed by atoms with Crippen LogP contribution in [0.2, 0.25) is 0 Å². The van der Waals surface area contributed by atoms with E-state index in [0.717, 1.165) is 28.3 Å². The third-order valence-electron chi connectivity index (χ3n) is 2.76. The monoisotopic (exact) mass is 228 g/mol. The summed E-state index contributed by atoms with van der Waals surface area (Å²) >= 11 is 0. The molecule has 2 rings (SSSR count). The molecule has 0 saturated heterocycles. The highest BCUT2D eigenvalue weighted by Gasteiger charge is 2.05. The number of anilines is 1. The van der Waals surface area contributed by atoms with E-state index in [-0.39, 0.29) is 0 Å². The van der Waals surface area contributed by atoms with E-state index in [9.17, 15) is 0 Å². The number of ether oxygens (including phenoxy) is 1. The molecule has 1 heterocycles. The normalized spacial score (nSPS) is 10.1. The molecule has 0 aliphatic rings. The van der Waals surface area contributed by atoms with Gasteiger partial charge in [-0.15, -0.1) is 0 Å². The largest absolute Gasteiger partial charge is 0.497 e. The summed E-state index contributed by atoms with van der Waals surface area (Å²) in [5, 5.41) is 3.11. The molecule has 0 saturated carbocycles. The molecule has 1 aromatic carbocycles. The maximum absolute atomic E-state index is 5.20. The Hall–Kier alpha value is -2.03. The lowest BCUT2D eigenvalue weighted by Gasteiger charge is -2.08. The van der Waals surface area contributed by atoms with Crippen LogP contribution in [0, 0.1) is 6.92 Å². The van der Waals surface area contributed by atoms with Gasteiger partial charge in [0, 0.05) is 24.5 Å². The first-order valence-corrected chi connectivity index (χ1v) is 5.53. The number of aromatic nitrogens is 1. The molecule has 88 valence electrons. The standard InChI is InChI=1S/C14H16N2O/c1-10-8-12(17-3)4-5-13(10)14-9-11(15-2)6-7-16-14/h4-9H,1-3H3,(H,15,16). The predicted octanol–water partition coefficient (Wildman–Crippen LogP) is 3.11. The molecule has 17 heavy (non-hydrogen) atoms. The van der Waals surface area contributed by atoms with Crippen molar-refractivity contribution in [3.05, 3.63) is 42.1 Å². The van der Waals surface area contributed by atoms with Crippen molar-refractivity contribution < 1.29 is 4.74 Å². The van der Waals surface area contributed by atoms with E-state index >= 15 is 0 Å². The van der Waals surface area contributed by atoms with E-state index in [1.807, 2.05) is 43.6 Å². The Labute approximate surface area is 101 Å². The Morgan fingerprint density at radius 3 is 2.65 bits per heavy atom. The van der Waals surface area contributed by atoms with Gasteiger partial charge in [0.15, 0.2) is 0 Å². The van der Waals surface area contributed by atoms with Crippen molar-refractivity contribution in [2.75, 3.05) is 19.5 Å². The SMILES string of the molecule is CNc1ccnc(-c2ccc(OC)cc2C)c1. The van der Waals surface area contributed by atoms with E-state index in [1.165, 1.54) is 0 Å². The number of aryl methyl sites for hydroxylation is 1. The molecule has 0 bridgehead atoms. The molecule has 1 N–H and O–H groups in total. The minimum Gasteiger partial charge on any atom is -0.497 e. The molecule has 3 heteroatoms. The molecule has 0 radical (unpaired) electrons. The number of rotatable bonds is 3. The highest BCUT2D eigenvalue weighted by atomic mass is 16.5. The van der Waals surface area contributed by atoms with Crippen molar-refractivity contribution in [1.82, 2.24) is 4.98 Å². The van der Waals surface area contributed by atoms with E-state index < -0.39 is 0 Å². The second-order valence-electron chi connectivity index (χ2n) is 3.86. The van der Waals surface area contributed by atoms with E-state index in [4.69, 9.17) is 4.74 Å². The van der Waals surface area contributed by atoms with E-state index in [0.29, 0.717) is 0 Å². The first kappa shape index (κ1) is 11.5. The Balaban J connectivity index is 2.45. The third-order valence-corrected chi connectivity index (χ3v) is 2.76. The summed E-state index contributed by atoms with van der Waals surface area (Å²) in [5.41, 5.74) is 4.32. The van der Waals surface area contributed by atoms with Crippen molar-refractivity contribution in [3.8, 4) is 17.0 Å². The van der Waals surface area contributed by atoms with Crippen LogP contribution in [0.3, 0.4) is 0 Å². The summed E-state index contributed by atoms with van der Waals surface area (Å²) in [6, 6.07) is 9.99. The van der Waals surface area contributed by atoms with Crippen LogP contribution < -0.4 is 10.1 Å². The highest BCUT2D eigenvalue weighted by Crippen LogP contribution is 2.26. The molecule has 0 unspecified atom stereocenters. The van der Waals surface area contributed by atoms with Gasteiger partial charge in [0.05, 0.1) is 12.8 Å². The van der Waals surface area contributed by atoms with Crippen LogP contribution in [-0.4, -0.2) is 19.1 Å². The molecule has 1 aromatic heterocycles. The van der Waals surface area contributed by atoms with Crippen molar-refractivity contribution in [1.29, 1.82) is 0 Å². The molecule has 0 aliphatic heterocycles. The number of hydrogen-bond acceptors (Lipinski definition) is 3. The summed E-state index contributed by atoms with van der Waals surface area (Å²) in [4.78, 5) is 4.39. The van der Waals surface area contributed by atoms with Crippen molar-refractivity contribution in [3.63, 3.8) is 0 Å². The average molecular weight is 228 g/mol. The van der Waals surface area contributed by atoms with Gasteiger partial charge in [-0.3, -0.25) is 4.98 Å². The van der Waals surface area contributed by atoms with Crippen LogP contribution in [0.15, 0.2) is 36.5 Å². The van der Waals surface area contributed by atoms with Crippen LogP contribution in [0.25, 0.3) is 11.3 Å². The fourth-order valence-electron chi connectivity index (χ4n) is 1.78. The summed E-state index contributed by atoms with van der Waals surface area (Å²) < 4.78 is 5.20. The average Bonchev–Trinajstić information content (AvgIpc) is 2.38. The van der Waals surface area contributed by atoms with Gasteiger partial charge in [-0.1, -0.05) is 0 Å². The zero-order valence-corrected chi connectivity index (χ0v) is 10.3. The fourth-order valence-corrected chi connectivity index (χ4v) is 1.78. The van der Waals surface area contributed by atoms with E-state index in [2.05, 4.69) is 17.2 Å². The van der Waals surface area contributed by atoms with Crippen molar-refractivity contribution >= 4 is 5.69 Å². The summed E-state index contributed by atoms with van der Waals surface area (Å²) in [5.74, 6) is 0.871. The summed E-state index contributed by atoms with van der Waals surface area (Å²) in [6.45, 7) is 2.06. The lowest BCUT2D eigenvalue weighted by atomic mass is 10.0. The van der Waals surface area contributed by atoms with Crippen molar-refractivity contribution in [2.45, 2.75) is 6.92 Å². The predicted molar refractivity (Wildman–Crippen MR) is 70.5 cm³/mol. The molecule has 0 aliphatic carbocycles. The zero-order valence-electron chi connectivity index (χ0n) is 10.3. The van der Waals surface area contributed by atoms with Crippen LogP contribution in [0.1, 0.15) is 5.56 Å². The molecule has 0 amide bonds. The lowest BCUT2D eigenvalue weighted by Crippen LogP contribution is -1.92. The fraction of sp³-hybridized carbons (Fsp3) is 0.214. The molecule has 2 aromatic rings. The number of benzene rings is 1. The first-order valence-electron chi connectivity index (χ1n) is 5.53. The maximum Gasteiger partial charge on any atom is 0.119 e. The molecule has 0 fully saturated rings. The number of hydrogen-bond donors (Lipinski definition) is 1. The van der Waals surface area contributed by atoms with Gasteiger partial charge in [-0.05, 0) is 42.8 Å². The summed E-state index contributed by atoms with van der Waals surface area (Å²) in [7, 11) is 3.58. The summed E-state index contributed by atoms with van der Waals surface area (Å²) in [6.07, 6.45) is 1.81. The van der Waals surface area contributed by atoms with Crippen LogP contribution in [0.4, 0.5) is 5.69 Å². The number of nitrogens with one attached hydrogen (secondary N) is 1. The minimum atomic E-state index is 0.871. The van der Waals surface area contributed by atoms with Gasteiger partial charge < -0.3 is 10.1 Å². The Morgan fingerprint density at radius 1 is 1.18 bits per heavy atom. The van der Waals surface area contributed by atoms with Gasteiger partial charge in [-0.25, -0.2) is 0 Å². The topological polar surface area (TPSA) is 34.2 Å². The van der Waals surface area contributed by atoms with Gasteiger partial charge in [0.2, 0.25) is 0 Å². The second kappa shape index (κ2) is 4.87. The molecule has 0 atom stereocenters. The highest BCUT2D eigenvalue weighted by molar-refractivity contribution is 5.67.